The molecule has 172 valence electrons. The fraction of sp³-hybridized carbons (Fsp3) is 0.800. The van der Waals surface area contributed by atoms with Gasteiger partial charge in [-0.15, -0.1) is 0 Å². The summed E-state index contributed by atoms with van der Waals surface area (Å²) in [4.78, 5) is 48.2. The quantitative estimate of drug-likeness (QED) is 0.362. The van der Waals surface area contributed by atoms with Crippen molar-refractivity contribution in [1.82, 2.24) is 5.32 Å². The standard InChI is InChI=1S/C20H33NO9/c1-5-8-14(24)28-18-13(11-22)27-20(30-16(26)10-7-3)17(21-12(4)23)19(18)29-15(25)9-6-2/h13,17-20,22H,5-11H2,1-4H3,(H,21,23)/t13?,17?,18-,19?,20+/m1/s1. The minimum atomic E-state index is -1.33. The van der Waals surface area contributed by atoms with E-state index in [0.29, 0.717) is 19.3 Å². The van der Waals surface area contributed by atoms with E-state index >= 15 is 0 Å². The molecule has 1 fully saturated rings. The molecule has 10 nitrogen and oxygen atoms in total. The summed E-state index contributed by atoms with van der Waals surface area (Å²) < 4.78 is 22.0. The Bertz CT molecular complexity index is 595. The molecule has 1 rings (SSSR count). The summed E-state index contributed by atoms with van der Waals surface area (Å²) in [5.41, 5.74) is 0. The van der Waals surface area contributed by atoms with Gasteiger partial charge in [0.25, 0.3) is 0 Å². The molecule has 1 aliphatic rings. The second-order valence-electron chi connectivity index (χ2n) is 7.10. The zero-order valence-corrected chi connectivity index (χ0v) is 18.0. The van der Waals surface area contributed by atoms with Crippen LogP contribution >= 0.6 is 0 Å². The van der Waals surface area contributed by atoms with E-state index in [1.165, 1.54) is 6.92 Å². The Labute approximate surface area is 176 Å². The van der Waals surface area contributed by atoms with Gasteiger partial charge < -0.3 is 29.4 Å². The molecule has 1 saturated heterocycles. The molecule has 0 radical (unpaired) electrons. The van der Waals surface area contributed by atoms with E-state index in [9.17, 15) is 24.3 Å². The monoisotopic (exact) mass is 431 g/mol. The van der Waals surface area contributed by atoms with E-state index in [2.05, 4.69) is 5.32 Å². The first-order chi connectivity index (χ1) is 14.3. The van der Waals surface area contributed by atoms with Gasteiger partial charge in [-0.2, -0.15) is 0 Å². The Morgan fingerprint density at radius 3 is 1.73 bits per heavy atom. The molecule has 10 heteroatoms. The van der Waals surface area contributed by atoms with E-state index in [0.717, 1.165) is 0 Å². The maximum atomic E-state index is 12.2. The van der Waals surface area contributed by atoms with Gasteiger partial charge in [0, 0.05) is 26.2 Å². The Balaban J connectivity index is 3.26. The number of aliphatic hydroxyl groups is 1. The van der Waals surface area contributed by atoms with E-state index in [1.807, 2.05) is 0 Å². The molecule has 2 N–H and O–H groups in total. The molecule has 5 atom stereocenters. The lowest BCUT2D eigenvalue weighted by Gasteiger charge is -2.44. The fourth-order valence-electron chi connectivity index (χ4n) is 3.04. The maximum absolute atomic E-state index is 12.2. The number of hydrogen-bond acceptors (Lipinski definition) is 9. The molecule has 1 aliphatic heterocycles. The molecule has 0 bridgehead atoms. The van der Waals surface area contributed by atoms with Crippen molar-refractivity contribution in [1.29, 1.82) is 0 Å². The van der Waals surface area contributed by atoms with Crippen LogP contribution in [0.25, 0.3) is 0 Å². The fourth-order valence-corrected chi connectivity index (χ4v) is 3.04. The topological polar surface area (TPSA) is 137 Å². The molecule has 1 heterocycles. The SMILES string of the molecule is CCCC(=O)OC1C(NC(C)=O)[C@H](OC(=O)CCC)OC(CO)[C@H]1OC(=O)CCC. The van der Waals surface area contributed by atoms with Crippen LogP contribution in [-0.4, -0.2) is 66.2 Å². The van der Waals surface area contributed by atoms with Crippen LogP contribution in [-0.2, 0) is 38.1 Å². The summed E-state index contributed by atoms with van der Waals surface area (Å²) in [7, 11) is 0. The molecule has 0 aliphatic carbocycles. The number of rotatable bonds is 11. The molecule has 0 aromatic rings. The molecule has 0 saturated carbocycles. The van der Waals surface area contributed by atoms with E-state index in [-0.39, 0.29) is 19.3 Å². The van der Waals surface area contributed by atoms with Gasteiger partial charge in [-0.3, -0.25) is 19.2 Å². The van der Waals surface area contributed by atoms with Crippen molar-refractivity contribution in [3.63, 3.8) is 0 Å². The normalized spacial score (nSPS) is 25.8. The summed E-state index contributed by atoms with van der Waals surface area (Å²) in [6, 6.07) is -1.12. The molecule has 0 aromatic carbocycles. The number of ether oxygens (including phenoxy) is 4. The number of carbonyl (C=O) groups is 4. The summed E-state index contributed by atoms with van der Waals surface area (Å²) >= 11 is 0. The van der Waals surface area contributed by atoms with Crippen molar-refractivity contribution >= 4 is 23.8 Å². The number of carbonyl (C=O) groups excluding carboxylic acids is 4. The van der Waals surface area contributed by atoms with Crippen molar-refractivity contribution in [3.05, 3.63) is 0 Å². The second kappa shape index (κ2) is 13.2. The highest BCUT2D eigenvalue weighted by Gasteiger charge is 2.52. The summed E-state index contributed by atoms with van der Waals surface area (Å²) in [6.07, 6.45) is -2.92. The average Bonchev–Trinajstić information content (AvgIpc) is 2.66. The van der Waals surface area contributed by atoms with Gasteiger partial charge >= 0.3 is 17.9 Å². The van der Waals surface area contributed by atoms with Gasteiger partial charge in [0.05, 0.1) is 6.61 Å². The van der Waals surface area contributed by atoms with Crippen molar-refractivity contribution in [2.75, 3.05) is 6.61 Å². The molecule has 30 heavy (non-hydrogen) atoms. The van der Waals surface area contributed by atoms with Crippen LogP contribution in [0.4, 0.5) is 0 Å². The first-order valence-electron chi connectivity index (χ1n) is 10.4. The van der Waals surface area contributed by atoms with Gasteiger partial charge in [0.2, 0.25) is 12.2 Å². The minimum Gasteiger partial charge on any atom is -0.456 e. The minimum absolute atomic E-state index is 0.101. The van der Waals surface area contributed by atoms with Crippen LogP contribution in [0.15, 0.2) is 0 Å². The molecular formula is C20H33NO9. The Morgan fingerprint density at radius 1 is 0.833 bits per heavy atom. The largest absolute Gasteiger partial charge is 0.456 e. The summed E-state index contributed by atoms with van der Waals surface area (Å²) in [6.45, 7) is 6.04. The molecule has 0 aromatic heterocycles. The molecule has 3 unspecified atom stereocenters. The number of aliphatic hydroxyl groups excluding tert-OH is 1. The lowest BCUT2D eigenvalue weighted by Crippen LogP contribution is -2.66. The van der Waals surface area contributed by atoms with Crippen LogP contribution in [0.5, 0.6) is 0 Å². The van der Waals surface area contributed by atoms with Crippen LogP contribution in [0.3, 0.4) is 0 Å². The molecule has 1 amide bonds. The van der Waals surface area contributed by atoms with Gasteiger partial charge in [0.1, 0.15) is 12.1 Å². The Hall–Kier alpha value is -2.20. The number of nitrogens with one attached hydrogen (secondary N) is 1. The first-order valence-corrected chi connectivity index (χ1v) is 10.4. The lowest BCUT2D eigenvalue weighted by molar-refractivity contribution is -0.271. The third kappa shape index (κ3) is 7.91. The smallest absolute Gasteiger partial charge is 0.308 e. The first kappa shape index (κ1) is 25.8. The van der Waals surface area contributed by atoms with Crippen molar-refractivity contribution in [2.24, 2.45) is 0 Å². The van der Waals surface area contributed by atoms with Gasteiger partial charge in [-0.1, -0.05) is 20.8 Å². The third-order valence-electron chi connectivity index (χ3n) is 4.34. The highest BCUT2D eigenvalue weighted by molar-refractivity contribution is 5.74. The predicted molar refractivity (Wildman–Crippen MR) is 104 cm³/mol. The van der Waals surface area contributed by atoms with E-state index < -0.39 is 61.1 Å². The molecular weight excluding hydrogens is 398 g/mol. The highest BCUT2D eigenvalue weighted by atomic mass is 16.7. The molecule has 0 spiro atoms. The summed E-state index contributed by atoms with van der Waals surface area (Å²) in [5.74, 6) is -2.21. The van der Waals surface area contributed by atoms with Crippen LogP contribution in [0.1, 0.15) is 66.2 Å². The number of amides is 1. The average molecular weight is 431 g/mol. The van der Waals surface area contributed by atoms with Crippen molar-refractivity contribution in [2.45, 2.75) is 96.9 Å². The van der Waals surface area contributed by atoms with E-state index in [1.54, 1.807) is 20.8 Å². The number of hydrogen-bond donors (Lipinski definition) is 2. The highest BCUT2D eigenvalue weighted by Crippen LogP contribution is 2.28. The van der Waals surface area contributed by atoms with Crippen molar-refractivity contribution < 1.29 is 43.2 Å². The van der Waals surface area contributed by atoms with Crippen LogP contribution in [0.2, 0.25) is 0 Å². The Kier molecular flexibility index (Phi) is 11.3. The lowest BCUT2D eigenvalue weighted by atomic mass is 9.96. The third-order valence-corrected chi connectivity index (χ3v) is 4.34. The maximum Gasteiger partial charge on any atom is 0.308 e. The van der Waals surface area contributed by atoms with Gasteiger partial charge in [-0.05, 0) is 19.3 Å². The van der Waals surface area contributed by atoms with Crippen LogP contribution in [0, 0.1) is 0 Å². The Morgan fingerprint density at radius 2 is 1.30 bits per heavy atom. The number of esters is 3. The van der Waals surface area contributed by atoms with E-state index in [4.69, 9.17) is 18.9 Å². The zero-order chi connectivity index (χ0) is 22.7. The summed E-state index contributed by atoms with van der Waals surface area (Å²) in [5, 5.41) is 12.4. The predicted octanol–water partition coefficient (Wildman–Crippen LogP) is 0.975. The van der Waals surface area contributed by atoms with Crippen molar-refractivity contribution in [3.8, 4) is 0 Å². The van der Waals surface area contributed by atoms with Crippen LogP contribution < -0.4 is 5.32 Å². The van der Waals surface area contributed by atoms with Gasteiger partial charge in [0.15, 0.2) is 12.2 Å². The van der Waals surface area contributed by atoms with Gasteiger partial charge in [-0.25, -0.2) is 0 Å². The second-order valence-corrected chi connectivity index (χ2v) is 7.10. The zero-order valence-electron chi connectivity index (χ0n) is 18.0.